The summed E-state index contributed by atoms with van der Waals surface area (Å²) in [6.45, 7) is 1.62. The molecule has 0 saturated heterocycles. The average molecular weight is 243 g/mol. The lowest BCUT2D eigenvalue weighted by Gasteiger charge is -2.16. The fourth-order valence-electron chi connectivity index (χ4n) is 1.24. The summed E-state index contributed by atoms with van der Waals surface area (Å²) in [4.78, 5) is 9.87. The van der Waals surface area contributed by atoms with Crippen LogP contribution < -0.4 is 11.1 Å². The maximum Gasteiger partial charge on any atom is 0.327 e. The third-order valence-electron chi connectivity index (χ3n) is 2.32. The van der Waals surface area contributed by atoms with Crippen molar-refractivity contribution in [3.05, 3.63) is 34.1 Å². The van der Waals surface area contributed by atoms with Crippen molar-refractivity contribution in [1.29, 1.82) is 0 Å². The molecular weight excluding hydrogens is 229 g/mol. The van der Waals surface area contributed by atoms with Gasteiger partial charge < -0.3 is 16.2 Å². The maximum absolute atomic E-state index is 13.2. The Balaban J connectivity index is 2.84. The molecule has 7 heteroatoms. The lowest BCUT2D eigenvalue weighted by atomic mass is 10.2. The zero-order chi connectivity index (χ0) is 13.0. The molecule has 0 amide bonds. The van der Waals surface area contributed by atoms with Gasteiger partial charge in [-0.25, -0.2) is 0 Å². The maximum atomic E-state index is 13.2. The topological polar surface area (TPSA) is 101 Å². The molecule has 4 N–H and O–H groups in total. The van der Waals surface area contributed by atoms with E-state index in [0.717, 1.165) is 6.07 Å². The predicted molar refractivity (Wildman–Crippen MR) is 61.2 cm³/mol. The number of hydrogen-bond donors (Lipinski definition) is 3. The zero-order valence-corrected chi connectivity index (χ0v) is 9.26. The second kappa shape index (κ2) is 5.55. The van der Waals surface area contributed by atoms with Crippen molar-refractivity contribution in [2.24, 2.45) is 5.73 Å². The van der Waals surface area contributed by atoms with E-state index < -0.39 is 28.6 Å². The second-order valence-corrected chi connectivity index (χ2v) is 3.68. The molecule has 0 heterocycles. The van der Waals surface area contributed by atoms with E-state index in [9.17, 15) is 14.5 Å². The van der Waals surface area contributed by atoms with Gasteiger partial charge in [-0.2, -0.15) is 4.39 Å². The van der Waals surface area contributed by atoms with E-state index in [4.69, 9.17) is 10.8 Å². The van der Waals surface area contributed by atoms with E-state index in [1.54, 1.807) is 0 Å². The molecule has 0 fully saturated rings. The van der Waals surface area contributed by atoms with Crippen LogP contribution in [0.25, 0.3) is 0 Å². The van der Waals surface area contributed by atoms with Gasteiger partial charge in [-0.15, -0.1) is 0 Å². The van der Waals surface area contributed by atoms with E-state index in [1.807, 2.05) is 0 Å². The van der Waals surface area contributed by atoms with Crippen LogP contribution in [-0.4, -0.2) is 28.7 Å². The Bertz CT molecular complexity index is 412. The van der Waals surface area contributed by atoms with Crippen LogP contribution in [0.2, 0.25) is 0 Å². The Labute approximate surface area is 97.4 Å². The molecule has 0 bridgehead atoms. The molecule has 0 saturated carbocycles. The molecule has 6 nitrogen and oxygen atoms in total. The molecule has 0 aliphatic carbocycles. The van der Waals surface area contributed by atoms with Crippen molar-refractivity contribution in [2.75, 3.05) is 11.9 Å². The summed E-state index contributed by atoms with van der Waals surface area (Å²) in [5.41, 5.74) is 4.98. The fourth-order valence-corrected chi connectivity index (χ4v) is 1.24. The molecule has 2 unspecified atom stereocenters. The molecule has 0 spiro atoms. The highest BCUT2D eigenvalue weighted by Gasteiger charge is 2.20. The molecule has 0 aliphatic heterocycles. The minimum Gasteiger partial charge on any atom is -0.392 e. The summed E-state index contributed by atoms with van der Waals surface area (Å²) in [7, 11) is 0. The van der Waals surface area contributed by atoms with E-state index in [0.29, 0.717) is 0 Å². The van der Waals surface area contributed by atoms with Gasteiger partial charge in [0.2, 0.25) is 5.82 Å². The Morgan fingerprint density at radius 2 is 2.29 bits per heavy atom. The van der Waals surface area contributed by atoms with Gasteiger partial charge in [-0.1, -0.05) is 6.07 Å². The molecule has 2 atom stereocenters. The van der Waals surface area contributed by atoms with Crippen LogP contribution >= 0.6 is 0 Å². The Hall–Kier alpha value is -1.73. The standard InChI is InChI=1S/C10H14FN3O3/c1-6(15)8(12)5-13-9-4-2-3-7(11)10(9)14(16)17/h2-4,6,8,13,15H,5,12H2,1H3. The number of benzene rings is 1. The summed E-state index contributed by atoms with van der Waals surface area (Å²) in [6.07, 6.45) is -0.755. The first-order chi connectivity index (χ1) is 7.93. The minimum absolute atomic E-state index is 0.0473. The van der Waals surface area contributed by atoms with E-state index in [-0.39, 0.29) is 12.2 Å². The first kappa shape index (κ1) is 13.3. The van der Waals surface area contributed by atoms with Gasteiger partial charge in [-0.3, -0.25) is 10.1 Å². The number of nitrogens with one attached hydrogen (secondary N) is 1. The van der Waals surface area contributed by atoms with E-state index in [1.165, 1.54) is 19.1 Å². The number of rotatable bonds is 5. The highest BCUT2D eigenvalue weighted by atomic mass is 19.1. The number of anilines is 1. The Morgan fingerprint density at radius 1 is 1.65 bits per heavy atom. The molecular formula is C10H14FN3O3. The minimum atomic E-state index is -0.911. The van der Waals surface area contributed by atoms with Crippen LogP contribution in [0.4, 0.5) is 15.8 Å². The SMILES string of the molecule is CC(O)C(N)CNc1cccc(F)c1[N+](=O)[O-]. The summed E-state index contributed by atoms with van der Waals surface area (Å²) >= 11 is 0. The molecule has 0 aliphatic rings. The number of aliphatic hydroxyl groups excluding tert-OH is 1. The van der Waals surface area contributed by atoms with Crippen LogP contribution in [0.1, 0.15) is 6.92 Å². The summed E-state index contributed by atoms with van der Waals surface area (Å²) in [5, 5.41) is 22.5. The quantitative estimate of drug-likeness (QED) is 0.525. The van der Waals surface area contributed by atoms with Gasteiger partial charge in [0.15, 0.2) is 0 Å². The Kier molecular flexibility index (Phi) is 4.36. The van der Waals surface area contributed by atoms with Crippen LogP contribution in [-0.2, 0) is 0 Å². The average Bonchev–Trinajstić information content (AvgIpc) is 2.24. The number of nitro groups is 1. The number of nitrogens with two attached hydrogens (primary N) is 1. The highest BCUT2D eigenvalue weighted by Crippen LogP contribution is 2.26. The van der Waals surface area contributed by atoms with Gasteiger partial charge in [-0.05, 0) is 19.1 Å². The Morgan fingerprint density at radius 3 is 2.82 bits per heavy atom. The van der Waals surface area contributed by atoms with Crippen molar-refractivity contribution in [3.63, 3.8) is 0 Å². The van der Waals surface area contributed by atoms with Crippen LogP contribution in [0.3, 0.4) is 0 Å². The van der Waals surface area contributed by atoms with E-state index in [2.05, 4.69) is 5.32 Å². The molecule has 0 aromatic heterocycles. The monoisotopic (exact) mass is 243 g/mol. The number of hydrogen-bond acceptors (Lipinski definition) is 5. The summed E-state index contributed by atoms with van der Waals surface area (Å²) in [5.74, 6) is -0.911. The summed E-state index contributed by atoms with van der Waals surface area (Å²) in [6, 6.07) is 3.17. The van der Waals surface area contributed by atoms with Crippen molar-refractivity contribution < 1.29 is 14.4 Å². The molecule has 1 aromatic carbocycles. The van der Waals surface area contributed by atoms with Crippen molar-refractivity contribution in [3.8, 4) is 0 Å². The smallest absolute Gasteiger partial charge is 0.327 e. The van der Waals surface area contributed by atoms with Crippen molar-refractivity contribution >= 4 is 11.4 Å². The number of nitrogens with zero attached hydrogens (tertiary/aromatic N) is 1. The first-order valence-electron chi connectivity index (χ1n) is 5.04. The zero-order valence-electron chi connectivity index (χ0n) is 9.26. The lowest BCUT2D eigenvalue weighted by Crippen LogP contribution is -2.38. The number of aliphatic hydroxyl groups is 1. The van der Waals surface area contributed by atoms with Gasteiger partial charge in [0, 0.05) is 12.6 Å². The summed E-state index contributed by atoms with van der Waals surface area (Å²) < 4.78 is 13.2. The largest absolute Gasteiger partial charge is 0.392 e. The van der Waals surface area contributed by atoms with Crippen molar-refractivity contribution in [1.82, 2.24) is 0 Å². The first-order valence-corrected chi connectivity index (χ1v) is 5.04. The predicted octanol–water partition coefficient (Wildman–Crippen LogP) is 0.854. The number of halogens is 1. The molecule has 94 valence electrons. The third kappa shape index (κ3) is 3.36. The van der Waals surface area contributed by atoms with E-state index >= 15 is 0 Å². The van der Waals surface area contributed by atoms with Gasteiger partial charge >= 0.3 is 5.69 Å². The van der Waals surface area contributed by atoms with Crippen LogP contribution in [0.5, 0.6) is 0 Å². The van der Waals surface area contributed by atoms with Crippen LogP contribution in [0.15, 0.2) is 18.2 Å². The lowest BCUT2D eigenvalue weighted by molar-refractivity contribution is -0.386. The second-order valence-electron chi connectivity index (χ2n) is 3.68. The van der Waals surface area contributed by atoms with Crippen molar-refractivity contribution in [2.45, 2.75) is 19.1 Å². The molecule has 1 rings (SSSR count). The highest BCUT2D eigenvalue weighted by molar-refractivity contribution is 5.62. The normalized spacial score (nSPS) is 14.1. The molecule has 0 radical (unpaired) electrons. The fraction of sp³-hybridized carbons (Fsp3) is 0.400. The van der Waals surface area contributed by atoms with Gasteiger partial charge in [0.05, 0.1) is 11.0 Å². The van der Waals surface area contributed by atoms with Gasteiger partial charge in [0.1, 0.15) is 5.69 Å². The van der Waals surface area contributed by atoms with Gasteiger partial charge in [0.25, 0.3) is 0 Å². The third-order valence-corrected chi connectivity index (χ3v) is 2.32. The molecule has 17 heavy (non-hydrogen) atoms. The number of nitro benzene ring substituents is 1. The van der Waals surface area contributed by atoms with Crippen LogP contribution in [0, 0.1) is 15.9 Å². The number of para-hydroxylation sites is 1. The molecule has 1 aromatic rings.